The quantitative estimate of drug-likeness (QED) is 0.870. The molecule has 90 valence electrons. The summed E-state index contributed by atoms with van der Waals surface area (Å²) in [5.41, 5.74) is -0.296. The van der Waals surface area contributed by atoms with Crippen LogP contribution in [0.2, 0.25) is 5.02 Å². The fourth-order valence-corrected chi connectivity index (χ4v) is 1.52. The topological polar surface area (TPSA) is 20.2 Å². The first-order valence-corrected chi connectivity index (χ1v) is 5.22. The minimum atomic E-state index is -4.36. The van der Waals surface area contributed by atoms with Gasteiger partial charge in [-0.25, -0.2) is 0 Å². The van der Waals surface area contributed by atoms with Crippen molar-refractivity contribution in [3.05, 3.63) is 34.3 Å². The summed E-state index contributed by atoms with van der Waals surface area (Å²) in [5.74, 6) is 0. The summed E-state index contributed by atoms with van der Waals surface area (Å²) in [4.78, 5) is 0. The third-order valence-electron chi connectivity index (χ3n) is 2.20. The second-order valence-electron chi connectivity index (χ2n) is 3.69. The first kappa shape index (κ1) is 13.3. The van der Waals surface area contributed by atoms with E-state index >= 15 is 0 Å². The Morgan fingerprint density at radius 1 is 1.38 bits per heavy atom. The van der Waals surface area contributed by atoms with Gasteiger partial charge in [0.1, 0.15) is 0 Å². The molecule has 0 aliphatic rings. The standard InChI is InChI=1S/C11H12ClF3O/c1-7(16)2-3-8-6-9(11(13,14)15)4-5-10(8)12/h4-7,16H,2-3H2,1H3. The molecule has 0 amide bonds. The summed E-state index contributed by atoms with van der Waals surface area (Å²) in [5, 5.41) is 9.37. The fourth-order valence-electron chi connectivity index (χ4n) is 1.31. The SMILES string of the molecule is CC(O)CCc1cc(C(F)(F)F)ccc1Cl. The highest BCUT2D eigenvalue weighted by Crippen LogP contribution is 2.32. The normalized spacial score (nSPS) is 13.9. The number of halogens is 4. The molecule has 1 rings (SSSR count). The maximum absolute atomic E-state index is 12.4. The lowest BCUT2D eigenvalue weighted by molar-refractivity contribution is -0.137. The average molecular weight is 253 g/mol. The lowest BCUT2D eigenvalue weighted by Gasteiger charge is -2.11. The van der Waals surface area contributed by atoms with Crippen LogP contribution in [-0.2, 0) is 12.6 Å². The minimum absolute atomic E-state index is 0.300. The molecule has 5 heteroatoms. The zero-order chi connectivity index (χ0) is 12.3. The summed E-state index contributed by atoms with van der Waals surface area (Å²) in [6.07, 6.45) is -4.18. The Hall–Kier alpha value is -0.740. The van der Waals surface area contributed by atoms with Gasteiger partial charge in [-0.1, -0.05) is 11.6 Å². The Kier molecular flexibility index (Phi) is 4.21. The van der Waals surface area contributed by atoms with Crippen molar-refractivity contribution in [2.24, 2.45) is 0 Å². The Bertz CT molecular complexity index is 361. The molecule has 1 unspecified atom stereocenters. The van der Waals surface area contributed by atoms with Gasteiger partial charge < -0.3 is 5.11 Å². The van der Waals surface area contributed by atoms with E-state index in [0.29, 0.717) is 23.4 Å². The predicted octanol–water partition coefficient (Wildman–Crippen LogP) is 3.67. The number of aliphatic hydroxyl groups excluding tert-OH is 1. The van der Waals surface area contributed by atoms with Crippen LogP contribution in [0, 0.1) is 0 Å². The monoisotopic (exact) mass is 252 g/mol. The number of aryl methyl sites for hydroxylation is 1. The van der Waals surface area contributed by atoms with Crippen LogP contribution in [0.4, 0.5) is 13.2 Å². The minimum Gasteiger partial charge on any atom is -0.393 e. The number of hydrogen-bond acceptors (Lipinski definition) is 1. The Morgan fingerprint density at radius 2 is 2.00 bits per heavy atom. The van der Waals surface area contributed by atoms with Gasteiger partial charge in [0.25, 0.3) is 0 Å². The van der Waals surface area contributed by atoms with Crippen LogP contribution in [0.5, 0.6) is 0 Å². The van der Waals surface area contributed by atoms with E-state index in [1.54, 1.807) is 6.92 Å². The molecule has 1 atom stereocenters. The van der Waals surface area contributed by atoms with Gasteiger partial charge in [0.05, 0.1) is 11.7 Å². The molecule has 0 aromatic heterocycles. The molecule has 0 saturated heterocycles. The van der Waals surface area contributed by atoms with E-state index < -0.39 is 17.8 Å². The third-order valence-corrected chi connectivity index (χ3v) is 2.57. The second-order valence-corrected chi connectivity index (χ2v) is 4.10. The zero-order valence-corrected chi connectivity index (χ0v) is 9.44. The van der Waals surface area contributed by atoms with Crippen LogP contribution < -0.4 is 0 Å². The molecule has 0 saturated carbocycles. The van der Waals surface area contributed by atoms with Gasteiger partial charge in [0.15, 0.2) is 0 Å². The lowest BCUT2D eigenvalue weighted by Crippen LogP contribution is -2.07. The third kappa shape index (κ3) is 3.68. The van der Waals surface area contributed by atoms with Gasteiger partial charge in [-0.2, -0.15) is 13.2 Å². The first-order chi connectivity index (χ1) is 7.30. The summed E-state index contributed by atoms with van der Waals surface area (Å²) in [6, 6.07) is 3.22. The molecule has 1 N–H and O–H groups in total. The molecule has 0 aliphatic heterocycles. The van der Waals surface area contributed by atoms with Crippen molar-refractivity contribution < 1.29 is 18.3 Å². The van der Waals surface area contributed by atoms with E-state index in [2.05, 4.69) is 0 Å². The summed E-state index contributed by atoms with van der Waals surface area (Å²) >= 11 is 5.78. The van der Waals surface area contributed by atoms with Crippen molar-refractivity contribution in [3.8, 4) is 0 Å². The van der Waals surface area contributed by atoms with Crippen LogP contribution in [0.25, 0.3) is 0 Å². The van der Waals surface area contributed by atoms with E-state index in [4.69, 9.17) is 16.7 Å². The molecular weight excluding hydrogens is 241 g/mol. The maximum Gasteiger partial charge on any atom is 0.416 e. The van der Waals surface area contributed by atoms with E-state index in [1.165, 1.54) is 6.07 Å². The van der Waals surface area contributed by atoms with Gasteiger partial charge in [-0.3, -0.25) is 0 Å². The van der Waals surface area contributed by atoms with Crippen molar-refractivity contribution in [1.82, 2.24) is 0 Å². The first-order valence-electron chi connectivity index (χ1n) is 4.84. The lowest BCUT2D eigenvalue weighted by atomic mass is 10.0. The molecule has 0 heterocycles. The van der Waals surface area contributed by atoms with Gasteiger partial charge in [0.2, 0.25) is 0 Å². The van der Waals surface area contributed by atoms with E-state index in [-0.39, 0.29) is 0 Å². The number of benzene rings is 1. The Balaban J connectivity index is 2.91. The molecule has 0 aliphatic carbocycles. The van der Waals surface area contributed by atoms with Crippen molar-refractivity contribution in [2.45, 2.75) is 32.0 Å². The van der Waals surface area contributed by atoms with Crippen LogP contribution in [-0.4, -0.2) is 11.2 Å². The molecule has 0 radical (unpaired) electrons. The van der Waals surface area contributed by atoms with Gasteiger partial charge in [-0.05, 0) is 43.5 Å². The molecule has 0 bridgehead atoms. The van der Waals surface area contributed by atoms with Crippen LogP contribution >= 0.6 is 11.6 Å². The van der Waals surface area contributed by atoms with E-state index in [0.717, 1.165) is 12.1 Å². The molecule has 16 heavy (non-hydrogen) atoms. The largest absolute Gasteiger partial charge is 0.416 e. The molecule has 1 aromatic rings. The highest BCUT2D eigenvalue weighted by Gasteiger charge is 2.30. The average Bonchev–Trinajstić information content (AvgIpc) is 2.14. The maximum atomic E-state index is 12.4. The van der Waals surface area contributed by atoms with E-state index in [1.807, 2.05) is 0 Å². The Labute approximate surface area is 96.9 Å². The predicted molar refractivity (Wildman–Crippen MR) is 56.5 cm³/mol. The van der Waals surface area contributed by atoms with Crippen LogP contribution in [0.15, 0.2) is 18.2 Å². The summed E-state index contributed by atoms with van der Waals surface area (Å²) in [6.45, 7) is 1.58. The second kappa shape index (κ2) is 5.06. The number of rotatable bonds is 3. The highest BCUT2D eigenvalue weighted by atomic mass is 35.5. The van der Waals surface area contributed by atoms with Gasteiger partial charge >= 0.3 is 6.18 Å². The summed E-state index contributed by atoms with van der Waals surface area (Å²) in [7, 11) is 0. The molecular formula is C11H12ClF3O. The number of hydrogen-bond donors (Lipinski definition) is 1. The summed E-state index contributed by atoms with van der Waals surface area (Å²) < 4.78 is 37.2. The highest BCUT2D eigenvalue weighted by molar-refractivity contribution is 6.31. The van der Waals surface area contributed by atoms with Crippen LogP contribution in [0.1, 0.15) is 24.5 Å². The fraction of sp³-hybridized carbons (Fsp3) is 0.455. The molecule has 0 fully saturated rings. The van der Waals surface area contributed by atoms with Crippen molar-refractivity contribution in [3.63, 3.8) is 0 Å². The molecule has 1 nitrogen and oxygen atoms in total. The molecule has 1 aromatic carbocycles. The van der Waals surface area contributed by atoms with Crippen LogP contribution in [0.3, 0.4) is 0 Å². The van der Waals surface area contributed by atoms with Crippen molar-refractivity contribution in [2.75, 3.05) is 0 Å². The number of aliphatic hydroxyl groups is 1. The molecule has 0 spiro atoms. The Morgan fingerprint density at radius 3 is 2.50 bits per heavy atom. The van der Waals surface area contributed by atoms with Crippen molar-refractivity contribution >= 4 is 11.6 Å². The van der Waals surface area contributed by atoms with E-state index in [9.17, 15) is 13.2 Å². The smallest absolute Gasteiger partial charge is 0.393 e. The van der Waals surface area contributed by atoms with Crippen molar-refractivity contribution in [1.29, 1.82) is 0 Å². The zero-order valence-electron chi connectivity index (χ0n) is 8.68. The van der Waals surface area contributed by atoms with Gasteiger partial charge in [-0.15, -0.1) is 0 Å². The van der Waals surface area contributed by atoms with Gasteiger partial charge in [0, 0.05) is 5.02 Å². The number of alkyl halides is 3.